The quantitative estimate of drug-likeness (QED) is 0.728. The number of hydrogen-bond donors (Lipinski definition) is 1. The minimum atomic E-state index is 0.0498. The van der Waals surface area contributed by atoms with Crippen molar-refractivity contribution >= 4 is 11.3 Å². The maximum absolute atomic E-state index is 9.18. The summed E-state index contributed by atoms with van der Waals surface area (Å²) in [7, 11) is 0. The predicted octanol–water partition coefficient (Wildman–Crippen LogP) is 1.56. The van der Waals surface area contributed by atoms with Crippen molar-refractivity contribution < 1.29 is 5.11 Å². The van der Waals surface area contributed by atoms with Crippen molar-refractivity contribution in [1.29, 1.82) is 0 Å². The third-order valence-electron chi connectivity index (χ3n) is 2.50. The molecule has 2 rings (SSSR count). The van der Waals surface area contributed by atoms with E-state index in [9.17, 15) is 5.11 Å². The fraction of sp³-hybridized carbons (Fsp3) is 0.625. The van der Waals surface area contributed by atoms with Crippen LogP contribution in [0.1, 0.15) is 24.3 Å². The Bertz CT molecular complexity index is 223. The fourth-order valence-electron chi connectivity index (χ4n) is 1.53. The Hall–Kier alpha value is -0.410. The van der Waals surface area contributed by atoms with Crippen LogP contribution in [0.5, 0.6) is 0 Å². The highest BCUT2D eigenvalue weighted by Gasteiger charge is 2.40. The zero-order chi connectivity index (χ0) is 7.73. The first-order chi connectivity index (χ1) is 5.37. The monoisotopic (exact) mass is 169 g/mol. The summed E-state index contributed by atoms with van der Waals surface area (Å²) in [6, 6.07) is 0. The van der Waals surface area contributed by atoms with Crippen LogP contribution >= 0.6 is 11.3 Å². The van der Waals surface area contributed by atoms with Crippen LogP contribution in [0.4, 0.5) is 0 Å². The Morgan fingerprint density at radius 1 is 1.64 bits per heavy atom. The maximum Gasteiger partial charge on any atom is 0.101 e. The molecule has 0 atom stereocenters. The number of aliphatic hydroxyl groups is 1. The van der Waals surface area contributed by atoms with Crippen LogP contribution in [0, 0.1) is 0 Å². The van der Waals surface area contributed by atoms with E-state index in [0.717, 1.165) is 17.8 Å². The largest absolute Gasteiger partial charge is 0.395 e. The van der Waals surface area contributed by atoms with Gasteiger partial charge in [0.25, 0.3) is 0 Å². The smallest absolute Gasteiger partial charge is 0.101 e. The van der Waals surface area contributed by atoms with E-state index in [1.54, 1.807) is 11.3 Å². The summed E-state index contributed by atoms with van der Waals surface area (Å²) in [6.45, 7) is 0.264. The summed E-state index contributed by atoms with van der Waals surface area (Å²) < 4.78 is 0. The van der Waals surface area contributed by atoms with Crippen LogP contribution < -0.4 is 0 Å². The first kappa shape index (κ1) is 7.25. The van der Waals surface area contributed by atoms with Gasteiger partial charge in [0.1, 0.15) is 5.01 Å². The summed E-state index contributed by atoms with van der Waals surface area (Å²) in [5.74, 6) is 0. The number of thiazole rings is 1. The standard InChI is InChI=1S/C8H11NOS/c10-6-8(2-1-3-8)7-9-4-5-11-7/h4-5,10H,1-3,6H2. The second-order valence-corrected chi connectivity index (χ2v) is 4.02. The lowest BCUT2D eigenvalue weighted by atomic mass is 9.70. The molecule has 0 aromatic carbocycles. The number of nitrogens with zero attached hydrogens (tertiary/aromatic N) is 1. The van der Waals surface area contributed by atoms with Gasteiger partial charge in [-0.05, 0) is 12.8 Å². The molecule has 0 radical (unpaired) electrons. The lowest BCUT2D eigenvalue weighted by Crippen LogP contribution is -2.37. The Morgan fingerprint density at radius 3 is 2.82 bits per heavy atom. The normalized spacial score (nSPS) is 21.2. The van der Waals surface area contributed by atoms with Gasteiger partial charge in [0.05, 0.1) is 6.61 Å². The molecule has 0 spiro atoms. The van der Waals surface area contributed by atoms with E-state index in [0.29, 0.717) is 0 Å². The first-order valence-electron chi connectivity index (χ1n) is 3.88. The molecule has 0 aliphatic heterocycles. The Kier molecular flexibility index (Phi) is 1.69. The first-order valence-corrected chi connectivity index (χ1v) is 4.76. The van der Waals surface area contributed by atoms with Gasteiger partial charge in [0.15, 0.2) is 0 Å². The van der Waals surface area contributed by atoms with Gasteiger partial charge >= 0.3 is 0 Å². The molecule has 60 valence electrons. The Balaban J connectivity index is 2.25. The number of aromatic nitrogens is 1. The van der Waals surface area contributed by atoms with E-state index in [-0.39, 0.29) is 12.0 Å². The summed E-state index contributed by atoms with van der Waals surface area (Å²) in [5.41, 5.74) is 0.0498. The highest BCUT2D eigenvalue weighted by molar-refractivity contribution is 7.09. The molecule has 0 amide bonds. The predicted molar refractivity (Wildman–Crippen MR) is 44.7 cm³/mol. The molecule has 1 aromatic rings. The second-order valence-electron chi connectivity index (χ2n) is 3.13. The Morgan fingerprint density at radius 2 is 2.45 bits per heavy atom. The van der Waals surface area contributed by atoms with Crippen LogP contribution in [0.2, 0.25) is 0 Å². The SMILES string of the molecule is OCC1(c2nccs2)CCC1. The molecule has 1 aliphatic carbocycles. The van der Waals surface area contributed by atoms with E-state index >= 15 is 0 Å². The van der Waals surface area contributed by atoms with E-state index in [1.165, 1.54) is 6.42 Å². The van der Waals surface area contributed by atoms with E-state index in [4.69, 9.17) is 0 Å². The fourth-order valence-corrected chi connectivity index (χ4v) is 2.42. The van der Waals surface area contributed by atoms with Crippen LogP contribution in [0.3, 0.4) is 0 Å². The zero-order valence-corrected chi connectivity index (χ0v) is 7.10. The Labute approximate surface area is 69.9 Å². The van der Waals surface area contributed by atoms with Crippen LogP contribution in [0.15, 0.2) is 11.6 Å². The highest BCUT2D eigenvalue weighted by Crippen LogP contribution is 2.43. The van der Waals surface area contributed by atoms with Gasteiger partial charge in [-0.25, -0.2) is 4.98 Å². The average molecular weight is 169 g/mol. The van der Waals surface area contributed by atoms with Crippen molar-refractivity contribution in [3.05, 3.63) is 16.6 Å². The summed E-state index contributed by atoms with van der Waals surface area (Å²) in [6.07, 6.45) is 5.27. The lowest BCUT2D eigenvalue weighted by molar-refractivity contribution is 0.120. The number of aliphatic hydroxyl groups excluding tert-OH is 1. The van der Waals surface area contributed by atoms with Gasteiger partial charge in [0.2, 0.25) is 0 Å². The molecular weight excluding hydrogens is 158 g/mol. The summed E-state index contributed by atoms with van der Waals surface area (Å²) in [5, 5.41) is 12.3. The van der Waals surface area contributed by atoms with Gasteiger partial charge in [-0.1, -0.05) is 6.42 Å². The molecule has 0 bridgehead atoms. The molecule has 2 nitrogen and oxygen atoms in total. The van der Waals surface area contributed by atoms with Crippen molar-refractivity contribution in [3.8, 4) is 0 Å². The highest BCUT2D eigenvalue weighted by atomic mass is 32.1. The zero-order valence-electron chi connectivity index (χ0n) is 6.29. The van der Waals surface area contributed by atoms with Gasteiger partial charge in [-0.2, -0.15) is 0 Å². The molecule has 0 saturated heterocycles. The van der Waals surface area contributed by atoms with Crippen molar-refractivity contribution in [3.63, 3.8) is 0 Å². The molecule has 1 aromatic heterocycles. The van der Waals surface area contributed by atoms with Gasteiger partial charge in [-0.15, -0.1) is 11.3 Å². The minimum absolute atomic E-state index is 0.0498. The topological polar surface area (TPSA) is 33.1 Å². The summed E-state index contributed by atoms with van der Waals surface area (Å²) >= 11 is 1.66. The number of hydrogen-bond acceptors (Lipinski definition) is 3. The van der Waals surface area contributed by atoms with E-state index in [1.807, 2.05) is 11.6 Å². The van der Waals surface area contributed by atoms with Crippen molar-refractivity contribution in [2.75, 3.05) is 6.61 Å². The molecule has 11 heavy (non-hydrogen) atoms. The van der Waals surface area contributed by atoms with Crippen molar-refractivity contribution in [2.24, 2.45) is 0 Å². The molecule has 3 heteroatoms. The molecular formula is C8H11NOS. The molecule has 1 heterocycles. The molecule has 1 saturated carbocycles. The molecule has 1 N–H and O–H groups in total. The minimum Gasteiger partial charge on any atom is -0.395 e. The van der Waals surface area contributed by atoms with Crippen molar-refractivity contribution in [2.45, 2.75) is 24.7 Å². The lowest BCUT2D eigenvalue weighted by Gasteiger charge is -2.38. The maximum atomic E-state index is 9.18. The van der Waals surface area contributed by atoms with E-state index < -0.39 is 0 Å². The van der Waals surface area contributed by atoms with E-state index in [2.05, 4.69) is 4.98 Å². The van der Waals surface area contributed by atoms with Crippen LogP contribution in [-0.4, -0.2) is 16.7 Å². The van der Waals surface area contributed by atoms with Crippen LogP contribution in [-0.2, 0) is 5.41 Å². The average Bonchev–Trinajstić information content (AvgIpc) is 2.39. The third kappa shape index (κ3) is 0.993. The third-order valence-corrected chi connectivity index (χ3v) is 3.52. The summed E-state index contributed by atoms with van der Waals surface area (Å²) in [4.78, 5) is 4.24. The molecule has 1 fully saturated rings. The van der Waals surface area contributed by atoms with Crippen LogP contribution in [0.25, 0.3) is 0 Å². The van der Waals surface area contributed by atoms with Crippen molar-refractivity contribution in [1.82, 2.24) is 4.98 Å². The molecule has 0 unspecified atom stereocenters. The molecule has 1 aliphatic rings. The van der Waals surface area contributed by atoms with Gasteiger partial charge < -0.3 is 5.11 Å². The van der Waals surface area contributed by atoms with Gasteiger partial charge in [0, 0.05) is 17.0 Å². The second kappa shape index (κ2) is 2.57. The number of rotatable bonds is 2. The van der Waals surface area contributed by atoms with Gasteiger partial charge in [-0.3, -0.25) is 0 Å².